The fraction of sp³-hybridized carbons (Fsp3) is 0.633. The number of aliphatic carboxylic acids is 2. The van der Waals surface area contributed by atoms with Gasteiger partial charge in [0.05, 0.1) is 11.8 Å². The minimum Gasteiger partial charge on any atom is -0.478 e. The van der Waals surface area contributed by atoms with Crippen LogP contribution in [-0.4, -0.2) is 137 Å². The molecule has 1 saturated carbocycles. The van der Waals surface area contributed by atoms with Crippen molar-refractivity contribution in [2.24, 2.45) is 17.6 Å². The van der Waals surface area contributed by atoms with E-state index >= 15 is 0 Å². The SMILES string of the molecule is CC(N)[C@H]1CC[C@H](C(=O)N2C[C@@H](N3CCN(S(C)(=O)=O)CC3)C[C@H]2C(=O)Nc2ccc(C(=O)O)cc2)CC1.O=C(O)C(F)(F)F.O=C(O)C(F)(F)F. The summed E-state index contributed by atoms with van der Waals surface area (Å²) in [6.07, 6.45) is -5.20. The van der Waals surface area contributed by atoms with Gasteiger partial charge in [-0.2, -0.15) is 30.6 Å². The molecule has 6 N–H and O–H groups in total. The largest absolute Gasteiger partial charge is 0.490 e. The van der Waals surface area contributed by atoms with Gasteiger partial charge in [-0.05, 0) is 69.2 Å². The lowest BCUT2D eigenvalue weighted by molar-refractivity contribution is -0.193. The van der Waals surface area contributed by atoms with Crippen molar-refractivity contribution in [3.05, 3.63) is 29.8 Å². The maximum Gasteiger partial charge on any atom is 0.490 e. The first-order valence-electron chi connectivity index (χ1n) is 15.8. The standard InChI is InChI=1S/C26H39N5O6S.2C2HF3O2/c1-17(27)18-3-5-19(6-4-18)25(33)31-16-22(29-11-13-30(14-12-29)38(2,36)37)15-23(31)24(32)28-21-9-7-20(8-10-21)26(34)35;2*3-2(4,5)1(6)7/h7-10,17-19,22-23H,3-6,11-16,27H2,1-2H3,(H,28,32)(H,34,35);2*(H,6,7)/t17?,18-,19-,22-,23-;;/m0../s1. The quantitative estimate of drug-likeness (QED) is 0.252. The third-order valence-corrected chi connectivity index (χ3v) is 10.2. The summed E-state index contributed by atoms with van der Waals surface area (Å²) in [5, 5.41) is 26.2. The summed E-state index contributed by atoms with van der Waals surface area (Å²) in [6, 6.07) is 5.32. The highest BCUT2D eigenvalue weighted by molar-refractivity contribution is 7.88. The van der Waals surface area contributed by atoms with E-state index in [0.29, 0.717) is 50.7 Å². The van der Waals surface area contributed by atoms with Gasteiger partial charge in [-0.1, -0.05) is 0 Å². The molecule has 52 heavy (non-hydrogen) atoms. The zero-order valence-corrected chi connectivity index (χ0v) is 28.9. The number of rotatable bonds is 7. The van der Waals surface area contributed by atoms with E-state index in [4.69, 9.17) is 30.6 Å². The summed E-state index contributed by atoms with van der Waals surface area (Å²) >= 11 is 0. The number of benzene rings is 1. The molecule has 0 spiro atoms. The van der Waals surface area contributed by atoms with Gasteiger partial charge in [0.2, 0.25) is 21.8 Å². The van der Waals surface area contributed by atoms with Crippen molar-refractivity contribution in [1.29, 1.82) is 0 Å². The van der Waals surface area contributed by atoms with Crippen LogP contribution in [0.2, 0.25) is 0 Å². The Morgan fingerprint density at radius 1 is 0.846 bits per heavy atom. The number of sulfonamides is 1. The van der Waals surface area contributed by atoms with E-state index in [2.05, 4.69) is 10.2 Å². The highest BCUT2D eigenvalue weighted by atomic mass is 32.2. The molecule has 3 fully saturated rings. The molecule has 2 aliphatic heterocycles. The molecule has 1 aliphatic carbocycles. The molecule has 0 bridgehead atoms. The van der Waals surface area contributed by atoms with Gasteiger partial charge in [0.25, 0.3) is 0 Å². The van der Waals surface area contributed by atoms with Crippen molar-refractivity contribution in [3.8, 4) is 0 Å². The molecule has 1 unspecified atom stereocenters. The second-order valence-electron chi connectivity index (χ2n) is 12.5. The maximum atomic E-state index is 13.7. The van der Waals surface area contributed by atoms with Gasteiger partial charge >= 0.3 is 30.3 Å². The molecule has 22 heteroatoms. The number of amides is 2. The molecule has 2 amide bonds. The van der Waals surface area contributed by atoms with Gasteiger partial charge in [0.1, 0.15) is 6.04 Å². The zero-order valence-electron chi connectivity index (χ0n) is 28.1. The van der Waals surface area contributed by atoms with Crippen molar-refractivity contribution >= 4 is 45.4 Å². The number of carbonyl (C=O) groups excluding carboxylic acids is 2. The van der Waals surface area contributed by atoms with Crippen LogP contribution in [0, 0.1) is 11.8 Å². The van der Waals surface area contributed by atoms with E-state index < -0.39 is 46.3 Å². The van der Waals surface area contributed by atoms with Crippen LogP contribution in [0.4, 0.5) is 32.0 Å². The molecule has 294 valence electrons. The summed E-state index contributed by atoms with van der Waals surface area (Å²) in [5.41, 5.74) is 6.67. The number of alkyl halides is 6. The van der Waals surface area contributed by atoms with Gasteiger partial charge in [0.15, 0.2) is 0 Å². The van der Waals surface area contributed by atoms with Crippen LogP contribution in [0.25, 0.3) is 0 Å². The molecule has 3 atom stereocenters. The van der Waals surface area contributed by atoms with Crippen molar-refractivity contribution in [3.63, 3.8) is 0 Å². The Balaban J connectivity index is 0.000000564. The fourth-order valence-electron chi connectivity index (χ4n) is 6.02. The molecule has 2 saturated heterocycles. The lowest BCUT2D eigenvalue weighted by Gasteiger charge is -2.37. The van der Waals surface area contributed by atoms with Crippen molar-refractivity contribution in [1.82, 2.24) is 14.1 Å². The van der Waals surface area contributed by atoms with E-state index in [-0.39, 0.29) is 35.4 Å². The first-order valence-corrected chi connectivity index (χ1v) is 17.7. The second kappa shape index (κ2) is 18.1. The van der Waals surface area contributed by atoms with Crippen LogP contribution in [0.15, 0.2) is 24.3 Å². The minimum atomic E-state index is -5.08. The van der Waals surface area contributed by atoms with Crippen LogP contribution in [-0.2, 0) is 29.2 Å². The van der Waals surface area contributed by atoms with Crippen LogP contribution in [0.5, 0.6) is 0 Å². The maximum absolute atomic E-state index is 13.7. The van der Waals surface area contributed by atoms with Crippen molar-refractivity contribution < 1.29 is 74.1 Å². The number of likely N-dealkylation sites (tertiary alicyclic amines) is 1. The molecule has 1 aromatic rings. The number of carboxylic acid groups (broad SMARTS) is 3. The third kappa shape index (κ3) is 13.2. The number of hydrogen-bond acceptors (Lipinski definition) is 9. The second-order valence-corrected chi connectivity index (χ2v) is 14.5. The molecular weight excluding hydrogens is 736 g/mol. The number of nitrogens with two attached hydrogens (primary N) is 1. The summed E-state index contributed by atoms with van der Waals surface area (Å²) in [7, 11) is -3.26. The van der Waals surface area contributed by atoms with Gasteiger partial charge in [0, 0.05) is 56.4 Å². The predicted molar refractivity (Wildman–Crippen MR) is 170 cm³/mol. The smallest absolute Gasteiger partial charge is 0.478 e. The third-order valence-electron chi connectivity index (χ3n) is 8.87. The predicted octanol–water partition coefficient (Wildman–Crippen LogP) is 2.29. The summed E-state index contributed by atoms with van der Waals surface area (Å²) in [5.74, 6) is -6.61. The number of hydrogen-bond donors (Lipinski definition) is 5. The molecule has 2 heterocycles. The number of nitrogens with one attached hydrogen (secondary N) is 1. The number of aromatic carboxylic acids is 1. The molecule has 15 nitrogen and oxygen atoms in total. The Labute approximate surface area is 294 Å². The molecule has 1 aromatic carbocycles. The monoisotopic (exact) mass is 777 g/mol. The minimum absolute atomic E-state index is 0.00762. The molecular formula is C30H41F6N5O10S. The number of halogens is 6. The van der Waals surface area contributed by atoms with Crippen LogP contribution >= 0.6 is 0 Å². The fourth-order valence-corrected chi connectivity index (χ4v) is 6.85. The first kappa shape index (κ1) is 44.1. The van der Waals surface area contributed by atoms with Crippen LogP contribution < -0.4 is 11.1 Å². The van der Waals surface area contributed by atoms with Crippen molar-refractivity contribution in [2.75, 3.05) is 44.3 Å². The highest BCUT2D eigenvalue weighted by Gasteiger charge is 2.45. The van der Waals surface area contributed by atoms with Crippen molar-refractivity contribution in [2.45, 2.75) is 69.5 Å². The topological polar surface area (TPSA) is 228 Å². The summed E-state index contributed by atoms with van der Waals surface area (Å²) in [4.78, 5) is 60.0. The summed E-state index contributed by atoms with van der Waals surface area (Å²) in [6.45, 7) is 4.29. The van der Waals surface area contributed by atoms with Crippen LogP contribution in [0.1, 0.15) is 49.4 Å². The van der Waals surface area contributed by atoms with E-state index in [1.54, 1.807) is 17.0 Å². The highest BCUT2D eigenvalue weighted by Crippen LogP contribution is 2.34. The average Bonchev–Trinajstić information content (AvgIpc) is 3.50. The number of nitrogens with zero attached hydrogens (tertiary/aromatic N) is 3. The number of piperazine rings is 1. The molecule has 0 aromatic heterocycles. The molecule has 3 aliphatic rings. The normalized spacial score (nSPS) is 23.6. The Hall–Kier alpha value is -4.02. The van der Waals surface area contributed by atoms with Crippen LogP contribution in [0.3, 0.4) is 0 Å². The van der Waals surface area contributed by atoms with E-state index in [0.717, 1.165) is 25.7 Å². The Morgan fingerprint density at radius 2 is 1.31 bits per heavy atom. The first-order chi connectivity index (χ1) is 23.8. The van der Waals surface area contributed by atoms with Gasteiger partial charge in [-0.25, -0.2) is 22.8 Å². The number of carbonyl (C=O) groups is 5. The van der Waals surface area contributed by atoms with E-state index in [9.17, 15) is 49.1 Å². The van der Waals surface area contributed by atoms with Gasteiger partial charge in [-0.15, -0.1) is 0 Å². The van der Waals surface area contributed by atoms with Gasteiger partial charge in [-0.3, -0.25) is 14.5 Å². The Bertz CT molecular complexity index is 1500. The summed E-state index contributed by atoms with van der Waals surface area (Å²) < 4.78 is 88.8. The lowest BCUT2D eigenvalue weighted by atomic mass is 9.78. The Morgan fingerprint density at radius 3 is 1.69 bits per heavy atom. The van der Waals surface area contributed by atoms with Gasteiger partial charge < -0.3 is 31.3 Å². The number of carboxylic acids is 3. The lowest BCUT2D eigenvalue weighted by Crippen LogP contribution is -2.52. The Kier molecular flexibility index (Phi) is 15.4. The molecule has 0 radical (unpaired) electrons. The number of anilines is 1. The van der Waals surface area contributed by atoms with E-state index in [1.807, 2.05) is 6.92 Å². The average molecular weight is 778 g/mol. The zero-order chi connectivity index (χ0) is 39.8. The van der Waals surface area contributed by atoms with E-state index in [1.165, 1.54) is 22.7 Å². The molecule has 4 rings (SSSR count).